The van der Waals surface area contributed by atoms with Crippen LogP contribution in [-0.4, -0.2) is 23.8 Å². The van der Waals surface area contributed by atoms with Crippen molar-refractivity contribution in [3.63, 3.8) is 0 Å². The average molecular weight is 200 g/mol. The summed E-state index contributed by atoms with van der Waals surface area (Å²) in [5.74, 6) is 0.0795. The van der Waals surface area contributed by atoms with Gasteiger partial charge in [-0.05, 0) is 26.2 Å². The lowest BCUT2D eigenvalue weighted by Crippen LogP contribution is -2.47. The van der Waals surface area contributed by atoms with Crippen LogP contribution in [0.5, 0.6) is 0 Å². The molecule has 0 bridgehead atoms. The van der Waals surface area contributed by atoms with Crippen LogP contribution in [0.25, 0.3) is 0 Å². The van der Waals surface area contributed by atoms with E-state index in [1.165, 1.54) is 6.92 Å². The Hall–Kier alpha value is -0.900. The van der Waals surface area contributed by atoms with Gasteiger partial charge in [0.2, 0.25) is 5.91 Å². The molecule has 0 saturated carbocycles. The van der Waals surface area contributed by atoms with E-state index in [9.17, 15) is 9.59 Å². The second kappa shape index (κ2) is 5.75. The molecule has 0 aliphatic carbocycles. The highest BCUT2D eigenvalue weighted by atomic mass is 16.2. The Morgan fingerprint density at radius 1 is 1.29 bits per heavy atom. The minimum atomic E-state index is -0.566. The van der Waals surface area contributed by atoms with Gasteiger partial charge in [0, 0.05) is 0 Å². The zero-order chi connectivity index (χ0) is 11.3. The van der Waals surface area contributed by atoms with Crippen LogP contribution in [0.4, 0.5) is 0 Å². The summed E-state index contributed by atoms with van der Waals surface area (Å²) in [7, 11) is 0. The monoisotopic (exact) mass is 200 g/mol. The van der Waals surface area contributed by atoms with Crippen molar-refractivity contribution in [3.8, 4) is 0 Å². The molecule has 0 aliphatic heterocycles. The Morgan fingerprint density at radius 3 is 2.07 bits per heavy atom. The van der Waals surface area contributed by atoms with E-state index in [4.69, 9.17) is 5.73 Å². The molecular formula is C10H20N2O2. The van der Waals surface area contributed by atoms with Crippen molar-refractivity contribution in [1.29, 1.82) is 0 Å². The number of amides is 1. The molecule has 0 spiro atoms. The fourth-order valence-electron chi connectivity index (χ4n) is 1.10. The second-order valence-corrected chi connectivity index (χ2v) is 4.09. The van der Waals surface area contributed by atoms with Gasteiger partial charge < -0.3 is 11.1 Å². The van der Waals surface area contributed by atoms with Gasteiger partial charge in [0.15, 0.2) is 5.78 Å². The number of nitrogens with one attached hydrogen (secondary N) is 1. The summed E-state index contributed by atoms with van der Waals surface area (Å²) in [4.78, 5) is 22.4. The van der Waals surface area contributed by atoms with Crippen LogP contribution in [0.15, 0.2) is 0 Å². The molecule has 0 saturated heterocycles. The van der Waals surface area contributed by atoms with E-state index in [1.807, 2.05) is 13.8 Å². The Balaban J connectivity index is 4.23. The second-order valence-electron chi connectivity index (χ2n) is 4.09. The summed E-state index contributed by atoms with van der Waals surface area (Å²) in [5.41, 5.74) is 5.39. The zero-order valence-corrected chi connectivity index (χ0v) is 9.33. The normalized spacial score (nSPS) is 15.0. The molecule has 0 aromatic rings. The van der Waals surface area contributed by atoms with Crippen LogP contribution in [0, 0.1) is 5.92 Å². The quantitative estimate of drug-likeness (QED) is 0.677. The predicted octanol–water partition coefficient (Wildman–Crippen LogP) is 0.454. The molecule has 2 atom stereocenters. The predicted molar refractivity (Wildman–Crippen MR) is 55.7 cm³/mol. The molecule has 82 valence electrons. The summed E-state index contributed by atoms with van der Waals surface area (Å²) in [5, 5.41) is 2.63. The fraction of sp³-hybridized carbons (Fsp3) is 0.800. The van der Waals surface area contributed by atoms with E-state index in [0.717, 1.165) is 0 Å². The summed E-state index contributed by atoms with van der Waals surface area (Å²) in [6.45, 7) is 7.10. The van der Waals surface area contributed by atoms with E-state index >= 15 is 0 Å². The van der Waals surface area contributed by atoms with Crippen molar-refractivity contribution < 1.29 is 9.59 Å². The van der Waals surface area contributed by atoms with E-state index in [1.54, 1.807) is 6.92 Å². The van der Waals surface area contributed by atoms with Crippen molar-refractivity contribution in [1.82, 2.24) is 5.32 Å². The third kappa shape index (κ3) is 4.97. The van der Waals surface area contributed by atoms with Gasteiger partial charge in [0.25, 0.3) is 0 Å². The van der Waals surface area contributed by atoms with Crippen LogP contribution in [0.1, 0.15) is 34.1 Å². The van der Waals surface area contributed by atoms with E-state index in [2.05, 4.69) is 5.32 Å². The zero-order valence-electron chi connectivity index (χ0n) is 9.33. The lowest BCUT2D eigenvalue weighted by atomic mass is 10.0. The van der Waals surface area contributed by atoms with E-state index in [-0.39, 0.29) is 11.7 Å². The number of carbonyl (C=O) groups is 2. The van der Waals surface area contributed by atoms with Crippen molar-refractivity contribution in [2.24, 2.45) is 11.7 Å². The Morgan fingerprint density at radius 2 is 1.79 bits per heavy atom. The standard InChI is InChI=1S/C10H20N2O2/c1-6(2)5-9(8(4)13)12-10(14)7(3)11/h6-7,9H,5,11H2,1-4H3,(H,12,14)/t7-,9-/m0/s1. The molecule has 0 radical (unpaired) electrons. The van der Waals surface area contributed by atoms with Crippen LogP contribution in [0.3, 0.4) is 0 Å². The van der Waals surface area contributed by atoms with Gasteiger partial charge in [-0.25, -0.2) is 0 Å². The molecular weight excluding hydrogens is 180 g/mol. The van der Waals surface area contributed by atoms with Gasteiger partial charge >= 0.3 is 0 Å². The Bertz CT molecular complexity index is 212. The maximum Gasteiger partial charge on any atom is 0.237 e. The summed E-state index contributed by atoms with van der Waals surface area (Å²) < 4.78 is 0. The third-order valence-corrected chi connectivity index (χ3v) is 1.93. The van der Waals surface area contributed by atoms with Gasteiger partial charge in [-0.15, -0.1) is 0 Å². The maximum atomic E-state index is 11.3. The van der Waals surface area contributed by atoms with Gasteiger partial charge in [0.1, 0.15) is 0 Å². The van der Waals surface area contributed by atoms with E-state index in [0.29, 0.717) is 12.3 Å². The SMILES string of the molecule is CC(=O)[C@H](CC(C)C)NC(=O)[C@H](C)N. The number of nitrogens with two attached hydrogens (primary N) is 1. The largest absolute Gasteiger partial charge is 0.345 e. The van der Waals surface area contributed by atoms with Crippen LogP contribution in [0.2, 0.25) is 0 Å². The first kappa shape index (κ1) is 13.1. The number of rotatable bonds is 5. The molecule has 0 fully saturated rings. The first-order valence-corrected chi connectivity index (χ1v) is 4.91. The first-order chi connectivity index (χ1) is 6.34. The highest BCUT2D eigenvalue weighted by molar-refractivity contribution is 5.89. The highest BCUT2D eigenvalue weighted by Crippen LogP contribution is 2.05. The third-order valence-electron chi connectivity index (χ3n) is 1.93. The molecule has 14 heavy (non-hydrogen) atoms. The topological polar surface area (TPSA) is 72.2 Å². The minimum absolute atomic E-state index is 0.0206. The van der Waals surface area contributed by atoms with Crippen LogP contribution in [-0.2, 0) is 9.59 Å². The summed E-state index contributed by atoms with van der Waals surface area (Å²) >= 11 is 0. The Kier molecular flexibility index (Phi) is 5.38. The molecule has 1 amide bonds. The lowest BCUT2D eigenvalue weighted by Gasteiger charge is -2.18. The molecule has 0 unspecified atom stereocenters. The number of hydrogen-bond donors (Lipinski definition) is 2. The van der Waals surface area contributed by atoms with Gasteiger partial charge in [-0.2, -0.15) is 0 Å². The van der Waals surface area contributed by atoms with Crippen LogP contribution >= 0.6 is 0 Å². The number of carbonyl (C=O) groups excluding carboxylic acids is 2. The molecule has 3 N–H and O–H groups in total. The van der Waals surface area contributed by atoms with Gasteiger partial charge in [0.05, 0.1) is 12.1 Å². The average Bonchev–Trinajstić information content (AvgIpc) is 2.01. The summed E-state index contributed by atoms with van der Waals surface area (Å²) in [6.07, 6.45) is 0.661. The molecule has 0 heterocycles. The molecule has 4 nitrogen and oxygen atoms in total. The minimum Gasteiger partial charge on any atom is -0.345 e. The van der Waals surface area contributed by atoms with Crippen LogP contribution < -0.4 is 11.1 Å². The smallest absolute Gasteiger partial charge is 0.237 e. The van der Waals surface area contributed by atoms with E-state index < -0.39 is 12.1 Å². The number of Topliss-reactive ketones (excluding diaryl/α,β-unsaturated/α-hetero) is 1. The first-order valence-electron chi connectivity index (χ1n) is 4.91. The van der Waals surface area contributed by atoms with Crippen molar-refractivity contribution in [2.75, 3.05) is 0 Å². The van der Waals surface area contributed by atoms with Crippen molar-refractivity contribution in [2.45, 2.75) is 46.2 Å². The molecule has 0 aromatic carbocycles. The Labute approximate surface area is 85.2 Å². The number of ketones is 1. The lowest BCUT2D eigenvalue weighted by molar-refractivity contribution is -0.127. The molecule has 0 rings (SSSR count). The van der Waals surface area contributed by atoms with Crippen molar-refractivity contribution >= 4 is 11.7 Å². The fourth-order valence-corrected chi connectivity index (χ4v) is 1.10. The van der Waals surface area contributed by atoms with Gasteiger partial charge in [-0.1, -0.05) is 13.8 Å². The molecule has 4 heteroatoms. The highest BCUT2D eigenvalue weighted by Gasteiger charge is 2.19. The maximum absolute atomic E-state index is 11.3. The summed E-state index contributed by atoms with van der Waals surface area (Å²) in [6, 6.07) is -0.961. The van der Waals surface area contributed by atoms with Gasteiger partial charge in [-0.3, -0.25) is 9.59 Å². The molecule has 0 aliphatic rings. The molecule has 0 aromatic heterocycles. The number of hydrogen-bond acceptors (Lipinski definition) is 3. The van der Waals surface area contributed by atoms with Crippen molar-refractivity contribution in [3.05, 3.63) is 0 Å².